The summed E-state index contributed by atoms with van der Waals surface area (Å²) >= 11 is 0. The first kappa shape index (κ1) is 19.0. The lowest BCUT2D eigenvalue weighted by Gasteiger charge is -2.12. The minimum atomic E-state index is -0.355. The van der Waals surface area contributed by atoms with Crippen LogP contribution >= 0.6 is 0 Å². The van der Waals surface area contributed by atoms with Crippen LogP contribution in [0.15, 0.2) is 78.0 Å². The summed E-state index contributed by atoms with van der Waals surface area (Å²) in [5.74, 6) is 0.387. The summed E-state index contributed by atoms with van der Waals surface area (Å²) in [4.78, 5) is 16.4. The van der Waals surface area contributed by atoms with E-state index in [2.05, 4.69) is 9.56 Å². The van der Waals surface area contributed by atoms with E-state index in [1.54, 1.807) is 12.1 Å². The zero-order chi connectivity index (χ0) is 20.2. The van der Waals surface area contributed by atoms with Crippen molar-refractivity contribution in [3.8, 4) is 5.75 Å². The number of phenolic OH excluding ortho intramolecular Hbond substituents is 1. The fourth-order valence-corrected chi connectivity index (χ4v) is 3.36. The van der Waals surface area contributed by atoms with Crippen molar-refractivity contribution >= 4 is 12.0 Å². The van der Waals surface area contributed by atoms with Gasteiger partial charge < -0.3 is 9.84 Å². The number of benzene rings is 2. The molecule has 2 heterocycles. The van der Waals surface area contributed by atoms with Crippen LogP contribution in [0.5, 0.6) is 5.75 Å². The highest BCUT2D eigenvalue weighted by Gasteiger charge is 2.24. The van der Waals surface area contributed by atoms with Gasteiger partial charge in [-0.25, -0.2) is 4.57 Å². The SMILES string of the molecule is CCC(=O)c1cccc(C[n+]2ccc(C3C=NC(c4ccc(O)cc4)O3)cc2)c1. The van der Waals surface area contributed by atoms with Gasteiger partial charge in [-0.05, 0) is 23.8 Å². The highest BCUT2D eigenvalue weighted by atomic mass is 16.5. The maximum Gasteiger partial charge on any atom is 0.175 e. The number of carbonyl (C=O) groups excluding carboxylic acids is 1. The quantitative estimate of drug-likeness (QED) is 0.510. The molecule has 1 aliphatic rings. The molecule has 0 saturated heterocycles. The molecule has 1 N–H and O–H groups in total. The largest absolute Gasteiger partial charge is 0.508 e. The number of ketones is 1. The van der Waals surface area contributed by atoms with Crippen molar-refractivity contribution in [2.24, 2.45) is 4.99 Å². The van der Waals surface area contributed by atoms with Crippen molar-refractivity contribution in [3.05, 3.63) is 95.3 Å². The molecule has 0 saturated carbocycles. The van der Waals surface area contributed by atoms with Gasteiger partial charge in [-0.3, -0.25) is 9.79 Å². The third-order valence-corrected chi connectivity index (χ3v) is 4.99. The first-order chi connectivity index (χ1) is 14.1. The number of aromatic nitrogens is 1. The molecule has 2 aromatic carbocycles. The third-order valence-electron chi connectivity index (χ3n) is 4.99. The van der Waals surface area contributed by atoms with Gasteiger partial charge in [-0.2, -0.15) is 0 Å². The Labute approximate surface area is 169 Å². The molecule has 146 valence electrons. The Morgan fingerprint density at radius 3 is 2.55 bits per heavy atom. The van der Waals surface area contributed by atoms with Crippen LogP contribution in [-0.4, -0.2) is 17.1 Å². The Morgan fingerprint density at radius 2 is 1.83 bits per heavy atom. The molecule has 29 heavy (non-hydrogen) atoms. The number of hydrogen-bond donors (Lipinski definition) is 1. The molecular formula is C24H23N2O3+. The van der Waals surface area contributed by atoms with Crippen LogP contribution in [0.1, 0.15) is 52.7 Å². The van der Waals surface area contributed by atoms with Crippen molar-refractivity contribution in [1.82, 2.24) is 0 Å². The summed E-state index contributed by atoms with van der Waals surface area (Å²) < 4.78 is 8.11. The Hall–Kier alpha value is -3.31. The lowest BCUT2D eigenvalue weighted by Crippen LogP contribution is -2.33. The lowest BCUT2D eigenvalue weighted by molar-refractivity contribution is -0.688. The predicted molar refractivity (Wildman–Crippen MR) is 110 cm³/mol. The molecule has 4 rings (SSSR count). The molecule has 1 aliphatic heterocycles. The van der Waals surface area contributed by atoms with E-state index < -0.39 is 0 Å². The highest BCUT2D eigenvalue weighted by molar-refractivity contribution is 5.95. The molecule has 0 spiro atoms. The fraction of sp³-hybridized carbons (Fsp3) is 0.208. The average Bonchev–Trinajstić information content (AvgIpc) is 3.24. The number of pyridine rings is 1. The molecule has 0 amide bonds. The van der Waals surface area contributed by atoms with E-state index in [4.69, 9.17) is 4.74 Å². The van der Waals surface area contributed by atoms with Gasteiger partial charge in [0.1, 0.15) is 11.9 Å². The van der Waals surface area contributed by atoms with Gasteiger partial charge in [0.25, 0.3) is 0 Å². The fourth-order valence-electron chi connectivity index (χ4n) is 3.36. The first-order valence-corrected chi connectivity index (χ1v) is 9.71. The van der Waals surface area contributed by atoms with E-state index in [1.807, 2.05) is 74.1 Å². The third kappa shape index (κ3) is 4.41. The monoisotopic (exact) mass is 387 g/mol. The van der Waals surface area contributed by atoms with E-state index in [1.165, 1.54) is 0 Å². The maximum absolute atomic E-state index is 11.9. The molecule has 2 unspecified atom stereocenters. The molecule has 1 aromatic heterocycles. The molecule has 5 heteroatoms. The van der Waals surface area contributed by atoms with Crippen LogP contribution in [0.3, 0.4) is 0 Å². The Morgan fingerprint density at radius 1 is 1.07 bits per heavy atom. The van der Waals surface area contributed by atoms with E-state index in [9.17, 15) is 9.90 Å². The summed E-state index contributed by atoms with van der Waals surface area (Å²) in [6.07, 6.45) is 5.79. The van der Waals surface area contributed by atoms with E-state index in [0.29, 0.717) is 13.0 Å². The van der Waals surface area contributed by atoms with Crippen molar-refractivity contribution in [3.63, 3.8) is 0 Å². The van der Waals surface area contributed by atoms with Crippen LogP contribution in [-0.2, 0) is 11.3 Å². The summed E-state index contributed by atoms with van der Waals surface area (Å²) in [6, 6.07) is 18.7. The number of aromatic hydroxyl groups is 1. The number of ether oxygens (including phenoxy) is 1. The summed E-state index contributed by atoms with van der Waals surface area (Å²) in [5, 5.41) is 9.42. The number of rotatable bonds is 6. The van der Waals surface area contributed by atoms with E-state index >= 15 is 0 Å². The van der Waals surface area contributed by atoms with Crippen LogP contribution < -0.4 is 4.57 Å². The van der Waals surface area contributed by atoms with Crippen LogP contribution in [0.25, 0.3) is 0 Å². The number of carbonyl (C=O) groups is 1. The van der Waals surface area contributed by atoms with Gasteiger partial charge in [0.05, 0.1) is 0 Å². The Balaban J connectivity index is 1.42. The summed E-state index contributed by atoms with van der Waals surface area (Å²) in [6.45, 7) is 2.57. The van der Waals surface area contributed by atoms with E-state index in [0.717, 1.165) is 22.3 Å². The van der Waals surface area contributed by atoms with Crippen molar-refractivity contribution in [1.29, 1.82) is 0 Å². The molecule has 0 radical (unpaired) electrons. The summed E-state index contributed by atoms with van der Waals surface area (Å²) in [7, 11) is 0. The predicted octanol–water partition coefficient (Wildman–Crippen LogP) is 4.16. The molecule has 2 atom stereocenters. The second-order valence-corrected chi connectivity index (χ2v) is 7.08. The number of aliphatic imine (C=N–C) groups is 1. The zero-order valence-corrected chi connectivity index (χ0v) is 16.2. The number of Topliss-reactive ketones (excluding diaryl/α,β-unsaturated/α-hetero) is 1. The van der Waals surface area contributed by atoms with Gasteiger partial charge in [0, 0.05) is 41.5 Å². The van der Waals surface area contributed by atoms with E-state index in [-0.39, 0.29) is 23.9 Å². The molecule has 3 aromatic rings. The minimum Gasteiger partial charge on any atom is -0.508 e. The number of phenols is 1. The Bertz CT molecular complexity index is 1030. The van der Waals surface area contributed by atoms with Crippen molar-refractivity contribution in [2.75, 3.05) is 0 Å². The van der Waals surface area contributed by atoms with Gasteiger partial charge in [0.2, 0.25) is 0 Å². The van der Waals surface area contributed by atoms with Gasteiger partial charge >= 0.3 is 0 Å². The van der Waals surface area contributed by atoms with Gasteiger partial charge in [0.15, 0.2) is 30.9 Å². The molecular weight excluding hydrogens is 364 g/mol. The van der Waals surface area contributed by atoms with Gasteiger partial charge in [-0.1, -0.05) is 37.3 Å². The number of hydrogen-bond acceptors (Lipinski definition) is 4. The molecule has 0 aliphatic carbocycles. The standard InChI is InChI=1S/C24H22N2O3/c1-2-22(28)20-5-3-4-17(14-20)16-26-12-10-18(11-13-26)23-15-25-24(29-23)19-6-8-21(27)9-7-19/h3-15,23-24H,2,16H2,1H3/p+1. The summed E-state index contributed by atoms with van der Waals surface area (Å²) in [5.41, 5.74) is 3.79. The zero-order valence-electron chi connectivity index (χ0n) is 16.2. The topological polar surface area (TPSA) is 62.8 Å². The molecule has 0 fully saturated rings. The van der Waals surface area contributed by atoms with Crippen LogP contribution in [0, 0.1) is 0 Å². The van der Waals surface area contributed by atoms with Gasteiger partial charge in [-0.15, -0.1) is 0 Å². The smallest absolute Gasteiger partial charge is 0.175 e. The first-order valence-electron chi connectivity index (χ1n) is 9.71. The van der Waals surface area contributed by atoms with Crippen LogP contribution in [0.4, 0.5) is 0 Å². The normalized spacial score (nSPS) is 18.1. The second kappa shape index (κ2) is 8.37. The minimum absolute atomic E-state index is 0.160. The Kier molecular flexibility index (Phi) is 5.49. The number of nitrogens with zero attached hydrogens (tertiary/aromatic N) is 2. The van der Waals surface area contributed by atoms with Crippen LogP contribution in [0.2, 0.25) is 0 Å². The average molecular weight is 387 g/mol. The second-order valence-electron chi connectivity index (χ2n) is 7.08. The highest BCUT2D eigenvalue weighted by Crippen LogP contribution is 2.32. The van der Waals surface area contributed by atoms with Crippen molar-refractivity contribution < 1.29 is 19.2 Å². The lowest BCUT2D eigenvalue weighted by atomic mass is 10.1. The maximum atomic E-state index is 11.9. The molecule has 0 bridgehead atoms. The molecule has 5 nitrogen and oxygen atoms in total. The van der Waals surface area contributed by atoms with Crippen molar-refractivity contribution in [2.45, 2.75) is 32.2 Å².